The number of nitrogens with zero attached hydrogens (tertiary/aromatic N) is 4. The lowest BCUT2D eigenvalue weighted by Gasteiger charge is -2.34. The number of allylic oxidation sites excluding steroid dienone is 1. The van der Waals surface area contributed by atoms with E-state index in [4.69, 9.17) is 4.98 Å². The summed E-state index contributed by atoms with van der Waals surface area (Å²) in [6.07, 6.45) is 0.527. The van der Waals surface area contributed by atoms with Gasteiger partial charge in [-0.05, 0) is 37.1 Å². The van der Waals surface area contributed by atoms with Gasteiger partial charge >= 0.3 is 0 Å². The van der Waals surface area contributed by atoms with Gasteiger partial charge in [0.15, 0.2) is 10.9 Å². The number of carbonyl (C=O) groups is 1. The van der Waals surface area contributed by atoms with Gasteiger partial charge in [0.1, 0.15) is 0 Å². The second-order valence-corrected chi connectivity index (χ2v) is 8.11. The fourth-order valence-corrected chi connectivity index (χ4v) is 4.63. The molecule has 0 radical (unpaired) electrons. The highest BCUT2D eigenvalue weighted by molar-refractivity contribution is 7.22. The smallest absolute Gasteiger partial charge is 0.186 e. The van der Waals surface area contributed by atoms with Gasteiger partial charge in [-0.2, -0.15) is 0 Å². The molecule has 3 heterocycles. The van der Waals surface area contributed by atoms with Crippen LogP contribution < -0.4 is 4.90 Å². The number of hydrogen-bond acceptors (Lipinski definition) is 6. The van der Waals surface area contributed by atoms with Crippen LogP contribution in [-0.4, -0.2) is 60.6 Å². The number of Topliss-reactive ketones (excluding diaryl/α,β-unsaturated/α-hetero) is 1. The number of aromatic nitrogens is 1. The van der Waals surface area contributed by atoms with Gasteiger partial charge in [0.2, 0.25) is 0 Å². The van der Waals surface area contributed by atoms with Crippen LogP contribution in [0.5, 0.6) is 0 Å². The maximum Gasteiger partial charge on any atom is 0.186 e. The van der Waals surface area contributed by atoms with E-state index in [1.165, 1.54) is 10.3 Å². The van der Waals surface area contributed by atoms with Crippen LogP contribution in [-0.2, 0) is 4.79 Å². The Morgan fingerprint density at radius 3 is 2.62 bits per heavy atom. The molecule has 1 saturated heterocycles. The van der Waals surface area contributed by atoms with Crippen LogP contribution in [0.15, 0.2) is 40.4 Å². The first-order valence-corrected chi connectivity index (χ1v) is 9.96. The first-order valence-electron chi connectivity index (χ1n) is 9.15. The third-order valence-electron chi connectivity index (χ3n) is 5.20. The van der Waals surface area contributed by atoms with E-state index < -0.39 is 0 Å². The van der Waals surface area contributed by atoms with E-state index in [0.29, 0.717) is 18.7 Å². The highest BCUT2D eigenvalue weighted by atomic mass is 32.1. The van der Waals surface area contributed by atoms with Crippen LogP contribution in [0.1, 0.15) is 20.3 Å². The predicted octanol–water partition coefficient (Wildman–Crippen LogP) is 3.17. The lowest BCUT2D eigenvalue weighted by atomic mass is 10.0. The molecule has 2 aliphatic rings. The third-order valence-corrected chi connectivity index (χ3v) is 6.30. The zero-order chi connectivity index (χ0) is 18.1. The number of thiazole rings is 1. The summed E-state index contributed by atoms with van der Waals surface area (Å²) >= 11 is 1.75. The number of piperazine rings is 1. The summed E-state index contributed by atoms with van der Waals surface area (Å²) in [7, 11) is 0. The molecule has 5 nitrogen and oxygen atoms in total. The minimum atomic E-state index is 0.296. The number of aliphatic imine (C=N–C) groups is 1. The lowest BCUT2D eigenvalue weighted by molar-refractivity contribution is -0.119. The van der Waals surface area contributed by atoms with Crippen molar-refractivity contribution >= 4 is 38.2 Å². The van der Waals surface area contributed by atoms with Crippen molar-refractivity contribution in [1.29, 1.82) is 0 Å². The summed E-state index contributed by atoms with van der Waals surface area (Å²) in [4.78, 5) is 26.3. The molecule has 26 heavy (non-hydrogen) atoms. The summed E-state index contributed by atoms with van der Waals surface area (Å²) in [5.74, 6) is 0.296. The van der Waals surface area contributed by atoms with E-state index in [9.17, 15) is 4.79 Å². The van der Waals surface area contributed by atoms with E-state index in [-0.39, 0.29) is 0 Å². The molecule has 0 unspecified atom stereocenters. The fourth-order valence-electron chi connectivity index (χ4n) is 3.61. The van der Waals surface area contributed by atoms with Crippen LogP contribution in [0, 0.1) is 0 Å². The zero-order valence-electron chi connectivity index (χ0n) is 15.4. The van der Waals surface area contributed by atoms with E-state index in [1.807, 2.05) is 13.0 Å². The van der Waals surface area contributed by atoms with Gasteiger partial charge in [-0.25, -0.2) is 4.98 Å². The van der Waals surface area contributed by atoms with Crippen molar-refractivity contribution in [1.82, 2.24) is 9.88 Å². The Balaban J connectivity index is 1.31. The fraction of sp³-hybridized carbons (Fsp3) is 0.450. The normalized spacial score (nSPS) is 18.7. The molecule has 0 atom stereocenters. The van der Waals surface area contributed by atoms with Gasteiger partial charge in [0.05, 0.1) is 23.3 Å². The Labute approximate surface area is 158 Å². The van der Waals surface area contributed by atoms with Crippen molar-refractivity contribution in [2.75, 3.05) is 44.2 Å². The maximum atomic E-state index is 12.5. The molecule has 1 aromatic heterocycles. The molecule has 0 bridgehead atoms. The topological polar surface area (TPSA) is 48.8 Å². The summed E-state index contributed by atoms with van der Waals surface area (Å²) in [6.45, 7) is 9.06. The second kappa shape index (κ2) is 7.29. The summed E-state index contributed by atoms with van der Waals surface area (Å²) in [5.41, 5.74) is 4.51. The number of benzene rings is 1. The van der Waals surface area contributed by atoms with E-state index in [2.05, 4.69) is 39.9 Å². The minimum Gasteiger partial charge on any atom is -0.345 e. The molecule has 0 aliphatic carbocycles. The Bertz CT molecular complexity index is 857. The summed E-state index contributed by atoms with van der Waals surface area (Å²) in [5, 5.41) is 1.09. The first kappa shape index (κ1) is 17.4. The highest BCUT2D eigenvalue weighted by Gasteiger charge is 2.23. The molecule has 4 rings (SSSR count). The Morgan fingerprint density at radius 1 is 1.15 bits per heavy atom. The van der Waals surface area contributed by atoms with E-state index in [0.717, 1.165) is 54.7 Å². The standard InChI is InChI=1S/C20H24N4OS/c1-14-12-21-15(2)17(14)11-16(25)13-23-7-9-24(10-8-23)20-22-18-5-3-4-6-19(18)26-20/h3-6H,7-13H2,1-2H3. The average Bonchev–Trinajstić information content (AvgIpc) is 3.21. The van der Waals surface area contributed by atoms with Gasteiger partial charge in [-0.1, -0.05) is 23.5 Å². The quantitative estimate of drug-likeness (QED) is 0.813. The second-order valence-electron chi connectivity index (χ2n) is 7.10. The molecule has 0 spiro atoms. The molecule has 0 N–H and O–H groups in total. The first-order chi connectivity index (χ1) is 12.6. The number of carbonyl (C=O) groups excluding carboxylic acids is 1. The molecule has 6 heteroatoms. The molecule has 0 saturated carbocycles. The highest BCUT2D eigenvalue weighted by Crippen LogP contribution is 2.29. The number of hydrogen-bond donors (Lipinski definition) is 0. The van der Waals surface area contributed by atoms with Crippen molar-refractivity contribution in [3.05, 3.63) is 35.4 Å². The molecule has 1 fully saturated rings. The molecule has 2 aromatic rings. The lowest BCUT2D eigenvalue weighted by Crippen LogP contribution is -2.48. The largest absolute Gasteiger partial charge is 0.345 e. The van der Waals surface area contributed by atoms with Crippen molar-refractivity contribution < 1.29 is 4.79 Å². The average molecular weight is 369 g/mol. The number of anilines is 1. The maximum absolute atomic E-state index is 12.5. The molecule has 0 amide bonds. The third kappa shape index (κ3) is 3.57. The molecule has 136 valence electrons. The van der Waals surface area contributed by atoms with Crippen molar-refractivity contribution in [2.24, 2.45) is 4.99 Å². The van der Waals surface area contributed by atoms with Crippen molar-refractivity contribution in [3.8, 4) is 0 Å². The molecular weight excluding hydrogens is 344 g/mol. The number of rotatable bonds is 5. The van der Waals surface area contributed by atoms with Gasteiger partial charge in [-0.3, -0.25) is 14.7 Å². The Morgan fingerprint density at radius 2 is 1.92 bits per heavy atom. The molecular formula is C20H24N4OS. The number of para-hydroxylation sites is 1. The van der Waals surface area contributed by atoms with Crippen molar-refractivity contribution in [3.63, 3.8) is 0 Å². The molecule has 1 aromatic carbocycles. The number of ketones is 1. The Kier molecular flexibility index (Phi) is 4.87. The van der Waals surface area contributed by atoms with E-state index >= 15 is 0 Å². The van der Waals surface area contributed by atoms with Gasteiger partial charge in [-0.15, -0.1) is 0 Å². The predicted molar refractivity (Wildman–Crippen MR) is 109 cm³/mol. The SMILES string of the molecule is CC1=NCC(C)=C1CC(=O)CN1CCN(c2nc3ccccc3s2)CC1. The summed E-state index contributed by atoms with van der Waals surface area (Å²) < 4.78 is 1.23. The Hall–Kier alpha value is -2.05. The van der Waals surface area contributed by atoms with E-state index in [1.54, 1.807) is 11.3 Å². The van der Waals surface area contributed by atoms with Crippen molar-refractivity contribution in [2.45, 2.75) is 20.3 Å². The van der Waals surface area contributed by atoms with Crippen LogP contribution in [0.2, 0.25) is 0 Å². The van der Waals surface area contributed by atoms with Gasteiger partial charge in [0.25, 0.3) is 0 Å². The van der Waals surface area contributed by atoms with Crippen LogP contribution in [0.4, 0.5) is 5.13 Å². The van der Waals surface area contributed by atoms with Crippen LogP contribution >= 0.6 is 11.3 Å². The van der Waals surface area contributed by atoms with Crippen LogP contribution in [0.3, 0.4) is 0 Å². The van der Waals surface area contributed by atoms with Gasteiger partial charge in [0, 0.05) is 38.3 Å². The monoisotopic (exact) mass is 368 g/mol. The molecule has 2 aliphatic heterocycles. The zero-order valence-corrected chi connectivity index (χ0v) is 16.2. The van der Waals surface area contributed by atoms with Gasteiger partial charge < -0.3 is 4.90 Å². The van der Waals surface area contributed by atoms with Crippen LogP contribution in [0.25, 0.3) is 10.2 Å². The number of fused-ring (bicyclic) bond motifs is 1. The summed E-state index contributed by atoms with van der Waals surface area (Å²) in [6, 6.07) is 8.27. The minimum absolute atomic E-state index is 0.296.